The van der Waals surface area contributed by atoms with E-state index < -0.39 is 0 Å². The largest absolute Gasteiger partial charge is 0.464 e. The fourth-order valence-electron chi connectivity index (χ4n) is 1.16. The average molecular weight is 260 g/mol. The van der Waals surface area contributed by atoms with Gasteiger partial charge >= 0.3 is 5.97 Å². The van der Waals surface area contributed by atoms with Crippen LogP contribution in [0.1, 0.15) is 15.4 Å². The summed E-state index contributed by atoms with van der Waals surface area (Å²) in [6.07, 6.45) is 2.07. The zero-order valence-corrected chi connectivity index (χ0v) is 11.6. The molecule has 1 rings (SSSR count). The molecule has 0 unspecified atom stereocenters. The molecule has 4 nitrogen and oxygen atoms in total. The van der Waals surface area contributed by atoms with Crippen LogP contribution < -0.4 is 4.90 Å². The zero-order valence-electron chi connectivity index (χ0n) is 9.94. The van der Waals surface area contributed by atoms with Crippen LogP contribution in [-0.4, -0.2) is 43.7 Å². The summed E-state index contributed by atoms with van der Waals surface area (Å²) in [5.41, 5.74) is 0.429. The number of carbonyl (C=O) groups excluding carboxylic acids is 1. The van der Waals surface area contributed by atoms with Gasteiger partial charge in [0.15, 0.2) is 10.8 Å². The molecule has 0 aliphatic carbocycles. The fraction of sp³-hybridized carbons (Fsp3) is 0.600. The predicted molar refractivity (Wildman–Crippen MR) is 69.8 cm³/mol. The first kappa shape index (κ1) is 13.3. The standard InChI is InChI=1S/C10H16N2O2S2/c1-7-8(9(13)14-3)11-10(16-7)12(2)5-6-15-4/h5-6H2,1-4H3. The molecule has 16 heavy (non-hydrogen) atoms. The summed E-state index contributed by atoms with van der Waals surface area (Å²) in [5.74, 6) is 0.682. The molecule has 1 aromatic rings. The van der Waals surface area contributed by atoms with E-state index in [1.54, 1.807) is 11.8 Å². The first-order chi connectivity index (χ1) is 7.60. The van der Waals surface area contributed by atoms with Gasteiger partial charge in [0.25, 0.3) is 0 Å². The van der Waals surface area contributed by atoms with Crippen molar-refractivity contribution >= 4 is 34.2 Å². The van der Waals surface area contributed by atoms with Crippen molar-refractivity contribution in [3.63, 3.8) is 0 Å². The predicted octanol–water partition coefficient (Wildman–Crippen LogP) is 2.04. The Morgan fingerprint density at radius 2 is 2.31 bits per heavy atom. The molecule has 0 atom stereocenters. The van der Waals surface area contributed by atoms with Gasteiger partial charge in [0.2, 0.25) is 0 Å². The molecule has 0 bridgehead atoms. The van der Waals surface area contributed by atoms with Gasteiger partial charge in [0.1, 0.15) is 0 Å². The van der Waals surface area contributed by atoms with Crippen LogP contribution in [0.25, 0.3) is 0 Å². The number of methoxy groups -OCH3 is 1. The maximum Gasteiger partial charge on any atom is 0.357 e. The normalized spacial score (nSPS) is 10.2. The lowest BCUT2D eigenvalue weighted by atomic mass is 10.4. The number of esters is 1. The van der Waals surface area contributed by atoms with E-state index in [0.29, 0.717) is 5.69 Å². The minimum Gasteiger partial charge on any atom is -0.464 e. The molecule has 90 valence electrons. The van der Waals surface area contributed by atoms with E-state index in [0.717, 1.165) is 22.3 Å². The zero-order chi connectivity index (χ0) is 12.1. The Morgan fingerprint density at radius 3 is 2.88 bits per heavy atom. The number of thioether (sulfide) groups is 1. The third kappa shape index (κ3) is 3.12. The number of anilines is 1. The second-order valence-corrected chi connectivity index (χ2v) is 5.47. The van der Waals surface area contributed by atoms with E-state index in [1.165, 1.54) is 18.4 Å². The van der Waals surface area contributed by atoms with Crippen LogP contribution in [0.4, 0.5) is 5.13 Å². The van der Waals surface area contributed by atoms with Gasteiger partial charge in [-0.1, -0.05) is 0 Å². The Hall–Kier alpha value is -0.750. The van der Waals surface area contributed by atoms with Crippen molar-refractivity contribution in [3.8, 4) is 0 Å². The fourth-order valence-corrected chi connectivity index (χ4v) is 2.50. The molecule has 0 fully saturated rings. The molecule has 1 heterocycles. The van der Waals surface area contributed by atoms with Gasteiger partial charge in [0.05, 0.1) is 7.11 Å². The van der Waals surface area contributed by atoms with Crippen molar-refractivity contribution in [2.45, 2.75) is 6.92 Å². The highest BCUT2D eigenvalue weighted by Crippen LogP contribution is 2.25. The summed E-state index contributed by atoms with van der Waals surface area (Å²) >= 11 is 3.31. The second-order valence-electron chi connectivity index (χ2n) is 3.31. The van der Waals surface area contributed by atoms with Crippen LogP contribution in [0, 0.1) is 6.92 Å². The number of ether oxygens (including phenoxy) is 1. The number of nitrogens with zero attached hydrogens (tertiary/aromatic N) is 2. The number of hydrogen-bond acceptors (Lipinski definition) is 6. The van der Waals surface area contributed by atoms with Gasteiger partial charge in [-0.15, -0.1) is 11.3 Å². The smallest absolute Gasteiger partial charge is 0.357 e. The summed E-state index contributed by atoms with van der Waals surface area (Å²) < 4.78 is 4.67. The number of rotatable bonds is 5. The molecule has 6 heteroatoms. The van der Waals surface area contributed by atoms with Crippen molar-refractivity contribution < 1.29 is 9.53 Å². The summed E-state index contributed by atoms with van der Waals surface area (Å²) in [7, 11) is 3.35. The molecule has 0 aliphatic rings. The Balaban J connectivity index is 2.79. The van der Waals surface area contributed by atoms with E-state index in [1.807, 2.05) is 14.0 Å². The van der Waals surface area contributed by atoms with E-state index in [2.05, 4.69) is 20.9 Å². The number of thiazole rings is 1. The Bertz CT molecular complexity index is 366. The summed E-state index contributed by atoms with van der Waals surface area (Å²) in [6.45, 7) is 2.81. The van der Waals surface area contributed by atoms with Crippen molar-refractivity contribution in [1.82, 2.24) is 4.98 Å². The number of carbonyl (C=O) groups is 1. The van der Waals surface area contributed by atoms with E-state index >= 15 is 0 Å². The van der Waals surface area contributed by atoms with E-state index in [4.69, 9.17) is 0 Å². The van der Waals surface area contributed by atoms with Gasteiger partial charge < -0.3 is 9.64 Å². The molecule has 0 N–H and O–H groups in total. The lowest BCUT2D eigenvalue weighted by Crippen LogP contribution is -2.20. The van der Waals surface area contributed by atoms with Crippen molar-refractivity contribution in [2.24, 2.45) is 0 Å². The maximum absolute atomic E-state index is 11.4. The van der Waals surface area contributed by atoms with Gasteiger partial charge in [-0.2, -0.15) is 11.8 Å². The quantitative estimate of drug-likeness (QED) is 0.758. The van der Waals surface area contributed by atoms with Crippen LogP contribution >= 0.6 is 23.1 Å². The molecule has 1 aromatic heterocycles. The Labute approximate surface area is 104 Å². The van der Waals surface area contributed by atoms with Crippen molar-refractivity contribution in [3.05, 3.63) is 10.6 Å². The third-order valence-corrected chi connectivity index (χ3v) is 3.80. The Kier molecular flexibility index (Phi) is 5.08. The third-order valence-electron chi connectivity index (χ3n) is 2.12. The van der Waals surface area contributed by atoms with E-state index in [9.17, 15) is 4.79 Å². The summed E-state index contributed by atoms with van der Waals surface area (Å²) in [6, 6.07) is 0. The molecule has 0 radical (unpaired) electrons. The van der Waals surface area contributed by atoms with Crippen molar-refractivity contribution in [2.75, 3.05) is 37.6 Å². The Morgan fingerprint density at radius 1 is 1.62 bits per heavy atom. The van der Waals surface area contributed by atoms with Gasteiger partial charge in [0, 0.05) is 24.2 Å². The minimum atomic E-state index is -0.363. The molecule has 0 saturated carbocycles. The molecule has 0 aromatic carbocycles. The van der Waals surface area contributed by atoms with Crippen LogP contribution in [-0.2, 0) is 4.74 Å². The van der Waals surface area contributed by atoms with Crippen LogP contribution in [0.15, 0.2) is 0 Å². The summed E-state index contributed by atoms with van der Waals surface area (Å²) in [4.78, 5) is 18.6. The lowest BCUT2D eigenvalue weighted by Gasteiger charge is -2.14. The molecule has 0 aliphatic heterocycles. The van der Waals surface area contributed by atoms with Crippen molar-refractivity contribution in [1.29, 1.82) is 0 Å². The molecule has 0 spiro atoms. The number of aromatic nitrogens is 1. The highest BCUT2D eigenvalue weighted by molar-refractivity contribution is 7.98. The molecular weight excluding hydrogens is 244 g/mol. The summed E-state index contributed by atoms with van der Waals surface area (Å²) in [5, 5.41) is 0.868. The average Bonchev–Trinajstić information content (AvgIpc) is 2.67. The highest BCUT2D eigenvalue weighted by Gasteiger charge is 2.17. The van der Waals surface area contributed by atoms with Crippen LogP contribution in [0.2, 0.25) is 0 Å². The monoisotopic (exact) mass is 260 g/mol. The number of hydrogen-bond donors (Lipinski definition) is 0. The number of aryl methyl sites for hydroxylation is 1. The van der Waals surface area contributed by atoms with Crippen LogP contribution in [0.5, 0.6) is 0 Å². The first-order valence-electron chi connectivity index (χ1n) is 4.86. The van der Waals surface area contributed by atoms with Gasteiger partial charge in [-0.25, -0.2) is 9.78 Å². The highest BCUT2D eigenvalue weighted by atomic mass is 32.2. The second kappa shape index (κ2) is 6.10. The lowest BCUT2D eigenvalue weighted by molar-refractivity contribution is 0.0594. The maximum atomic E-state index is 11.4. The topological polar surface area (TPSA) is 42.4 Å². The molecular formula is C10H16N2O2S2. The molecule has 0 saturated heterocycles. The van der Waals surface area contributed by atoms with Crippen LogP contribution in [0.3, 0.4) is 0 Å². The minimum absolute atomic E-state index is 0.363. The van der Waals surface area contributed by atoms with Gasteiger partial charge in [-0.3, -0.25) is 0 Å². The van der Waals surface area contributed by atoms with E-state index in [-0.39, 0.29) is 5.97 Å². The van der Waals surface area contributed by atoms with Gasteiger partial charge in [-0.05, 0) is 13.2 Å². The molecule has 0 amide bonds. The SMILES string of the molecule is COC(=O)c1nc(N(C)CCSC)sc1C. The first-order valence-corrected chi connectivity index (χ1v) is 7.07.